The van der Waals surface area contributed by atoms with Gasteiger partial charge in [-0.25, -0.2) is 8.42 Å². The normalized spacial score (nSPS) is 11.9. The summed E-state index contributed by atoms with van der Waals surface area (Å²) in [6.45, 7) is -1.49. The molecule has 0 saturated heterocycles. The topological polar surface area (TPSA) is 104 Å². The van der Waals surface area contributed by atoms with Crippen LogP contribution in [0.3, 0.4) is 0 Å². The molecule has 2 amide bonds. The Morgan fingerprint density at radius 2 is 1.67 bits per heavy atom. The van der Waals surface area contributed by atoms with Crippen molar-refractivity contribution in [2.45, 2.75) is 6.18 Å². The van der Waals surface area contributed by atoms with Crippen LogP contribution in [0.1, 0.15) is 15.9 Å². The predicted octanol–water partition coefficient (Wildman–Crippen LogP) is 3.00. The molecular weight excluding hydrogens is 423 g/mol. The molecule has 0 aliphatic rings. The van der Waals surface area contributed by atoms with Gasteiger partial charge in [0, 0.05) is 11.8 Å². The van der Waals surface area contributed by atoms with Crippen molar-refractivity contribution in [2.24, 2.45) is 0 Å². The van der Waals surface area contributed by atoms with Crippen LogP contribution in [0.4, 0.5) is 24.5 Å². The van der Waals surface area contributed by atoms with E-state index in [1.54, 1.807) is 17.4 Å². The molecule has 160 valence electrons. The van der Waals surface area contributed by atoms with Crippen molar-refractivity contribution in [3.05, 3.63) is 65.7 Å². The lowest BCUT2D eigenvalue weighted by molar-refractivity contribution is -0.123. The van der Waals surface area contributed by atoms with Crippen molar-refractivity contribution in [1.82, 2.24) is 5.32 Å². The number of carbonyl (C=O) groups excluding carboxylic acids is 2. The fourth-order valence-electron chi connectivity index (χ4n) is 2.29. The molecule has 0 bridgehead atoms. The van der Waals surface area contributed by atoms with E-state index in [1.807, 2.05) is 0 Å². The molecule has 0 unspecified atom stereocenters. The number of sulfonamides is 1. The zero-order valence-corrected chi connectivity index (χ0v) is 16.5. The molecule has 2 rings (SSSR count). The van der Waals surface area contributed by atoms with Crippen LogP contribution in [0.15, 0.2) is 54.6 Å². The Morgan fingerprint density at radius 1 is 1.03 bits per heavy atom. The zero-order chi connectivity index (χ0) is 22.4. The number of rotatable bonds is 7. The Morgan fingerprint density at radius 3 is 2.27 bits per heavy atom. The first-order valence-corrected chi connectivity index (χ1v) is 10.3. The number of hydrogen-bond donors (Lipinski definition) is 3. The maximum atomic E-state index is 12.3. The van der Waals surface area contributed by atoms with E-state index in [-0.39, 0.29) is 11.3 Å². The molecule has 0 heterocycles. The summed E-state index contributed by atoms with van der Waals surface area (Å²) in [4.78, 5) is 24.1. The second-order valence-corrected chi connectivity index (χ2v) is 7.91. The first-order valence-electron chi connectivity index (χ1n) is 8.44. The molecule has 0 saturated carbocycles. The number of benzene rings is 2. The summed E-state index contributed by atoms with van der Waals surface area (Å²) in [5, 5.41) is 4.19. The van der Waals surface area contributed by atoms with Crippen LogP contribution in [0.2, 0.25) is 0 Å². The molecule has 0 fully saturated rings. The average molecular weight is 441 g/mol. The van der Waals surface area contributed by atoms with Crippen LogP contribution in [0.25, 0.3) is 6.08 Å². The van der Waals surface area contributed by atoms with Gasteiger partial charge in [-0.2, -0.15) is 13.2 Å². The van der Waals surface area contributed by atoms with Gasteiger partial charge in [-0.3, -0.25) is 14.3 Å². The lowest BCUT2D eigenvalue weighted by Crippen LogP contribution is -2.34. The molecule has 3 N–H and O–H groups in total. The van der Waals surface area contributed by atoms with Crippen molar-refractivity contribution in [3.63, 3.8) is 0 Å². The highest BCUT2D eigenvalue weighted by Gasteiger charge is 2.28. The highest BCUT2D eigenvalue weighted by molar-refractivity contribution is 7.92. The van der Waals surface area contributed by atoms with Gasteiger partial charge in [0.1, 0.15) is 6.54 Å². The number of nitrogens with one attached hydrogen (secondary N) is 3. The second kappa shape index (κ2) is 9.44. The summed E-state index contributed by atoms with van der Waals surface area (Å²) >= 11 is 0. The summed E-state index contributed by atoms with van der Waals surface area (Å²) in [7, 11) is -3.40. The molecule has 0 radical (unpaired) electrons. The van der Waals surface area contributed by atoms with E-state index in [9.17, 15) is 31.2 Å². The number of anilines is 2. The van der Waals surface area contributed by atoms with Gasteiger partial charge in [0.05, 0.1) is 17.5 Å². The number of carbonyl (C=O) groups is 2. The maximum Gasteiger partial charge on any atom is 0.405 e. The van der Waals surface area contributed by atoms with Crippen molar-refractivity contribution < 1.29 is 31.2 Å². The summed E-state index contributed by atoms with van der Waals surface area (Å²) in [5.41, 5.74) is 0.900. The molecule has 0 aliphatic carbocycles. The fourth-order valence-corrected chi connectivity index (χ4v) is 2.85. The molecular formula is C19H18F3N3O4S. The van der Waals surface area contributed by atoms with Gasteiger partial charge in [-0.05, 0) is 35.9 Å². The Bertz CT molecular complexity index is 1050. The van der Waals surface area contributed by atoms with Gasteiger partial charge < -0.3 is 10.6 Å². The summed E-state index contributed by atoms with van der Waals surface area (Å²) in [5.74, 6) is -1.58. The average Bonchev–Trinajstić information content (AvgIpc) is 2.64. The summed E-state index contributed by atoms with van der Waals surface area (Å²) < 4.78 is 61.5. The van der Waals surface area contributed by atoms with Crippen LogP contribution in [0.5, 0.6) is 0 Å². The number of alkyl halides is 3. The summed E-state index contributed by atoms with van der Waals surface area (Å²) in [6, 6.07) is 11.8. The van der Waals surface area contributed by atoms with Crippen LogP contribution < -0.4 is 15.4 Å². The zero-order valence-electron chi connectivity index (χ0n) is 15.7. The van der Waals surface area contributed by atoms with E-state index in [0.29, 0.717) is 11.3 Å². The van der Waals surface area contributed by atoms with E-state index >= 15 is 0 Å². The SMILES string of the molecule is CS(=O)(=O)Nc1ccc(/C=C/C(=O)Nc2ccccc2C(=O)NCC(F)(F)F)cc1. The molecule has 0 spiro atoms. The Hall–Kier alpha value is -3.34. The lowest BCUT2D eigenvalue weighted by atomic mass is 10.1. The minimum Gasteiger partial charge on any atom is -0.343 e. The van der Waals surface area contributed by atoms with Crippen LogP contribution in [0, 0.1) is 0 Å². The third kappa shape index (κ3) is 7.95. The first kappa shape index (κ1) is 22.9. The lowest BCUT2D eigenvalue weighted by Gasteiger charge is -2.11. The van der Waals surface area contributed by atoms with Gasteiger partial charge in [0.2, 0.25) is 15.9 Å². The number of amides is 2. The van der Waals surface area contributed by atoms with E-state index in [2.05, 4.69) is 10.0 Å². The van der Waals surface area contributed by atoms with Crippen LogP contribution in [-0.4, -0.2) is 39.2 Å². The van der Waals surface area contributed by atoms with Crippen molar-refractivity contribution in [1.29, 1.82) is 0 Å². The maximum absolute atomic E-state index is 12.3. The highest BCUT2D eigenvalue weighted by Crippen LogP contribution is 2.17. The molecule has 2 aromatic rings. The quantitative estimate of drug-likeness (QED) is 0.575. The molecule has 11 heteroatoms. The van der Waals surface area contributed by atoms with Gasteiger partial charge in [-0.15, -0.1) is 0 Å². The molecule has 7 nitrogen and oxygen atoms in total. The molecule has 2 aromatic carbocycles. The Balaban J connectivity index is 2.03. The van der Waals surface area contributed by atoms with E-state index in [0.717, 1.165) is 6.26 Å². The fraction of sp³-hybridized carbons (Fsp3) is 0.158. The second-order valence-electron chi connectivity index (χ2n) is 6.16. The van der Waals surface area contributed by atoms with Gasteiger partial charge in [0.15, 0.2) is 0 Å². The van der Waals surface area contributed by atoms with Gasteiger partial charge in [-0.1, -0.05) is 24.3 Å². The molecule has 0 aromatic heterocycles. The van der Waals surface area contributed by atoms with Gasteiger partial charge >= 0.3 is 6.18 Å². The van der Waals surface area contributed by atoms with Crippen LogP contribution in [-0.2, 0) is 14.8 Å². The smallest absolute Gasteiger partial charge is 0.343 e. The van der Waals surface area contributed by atoms with E-state index in [1.165, 1.54) is 48.6 Å². The number of para-hydroxylation sites is 1. The predicted molar refractivity (Wildman–Crippen MR) is 107 cm³/mol. The molecule has 0 aliphatic heterocycles. The minimum absolute atomic E-state index is 0.0551. The standard InChI is InChI=1S/C19H18F3N3O4S/c1-30(28,29)25-14-9-6-13(7-10-14)8-11-17(26)24-16-5-3-2-4-15(16)18(27)23-12-19(20,21)22/h2-11,25H,12H2,1H3,(H,23,27)(H,24,26)/b11-8+. The van der Waals surface area contributed by atoms with E-state index in [4.69, 9.17) is 0 Å². The number of hydrogen-bond acceptors (Lipinski definition) is 4. The first-order chi connectivity index (χ1) is 13.9. The van der Waals surface area contributed by atoms with E-state index < -0.39 is 34.6 Å². The monoisotopic (exact) mass is 441 g/mol. The van der Waals surface area contributed by atoms with Crippen molar-refractivity contribution >= 4 is 39.3 Å². The minimum atomic E-state index is -4.55. The van der Waals surface area contributed by atoms with Gasteiger partial charge in [0.25, 0.3) is 5.91 Å². The molecule has 30 heavy (non-hydrogen) atoms. The number of halogens is 3. The Labute approximate surface area is 171 Å². The largest absolute Gasteiger partial charge is 0.405 e. The van der Waals surface area contributed by atoms with Crippen molar-refractivity contribution in [2.75, 3.05) is 22.8 Å². The summed E-state index contributed by atoms with van der Waals surface area (Å²) in [6.07, 6.45) is -0.912. The third-order valence-corrected chi connectivity index (χ3v) is 4.13. The Kier molecular flexibility index (Phi) is 7.22. The molecule has 0 atom stereocenters. The van der Waals surface area contributed by atoms with Crippen molar-refractivity contribution in [3.8, 4) is 0 Å². The van der Waals surface area contributed by atoms with Crippen LogP contribution >= 0.6 is 0 Å². The highest BCUT2D eigenvalue weighted by atomic mass is 32.2. The third-order valence-electron chi connectivity index (χ3n) is 3.52.